The number of benzene rings is 4. The maximum absolute atomic E-state index is 11.8. The average molecular weight is 565 g/mol. The summed E-state index contributed by atoms with van der Waals surface area (Å²) in [4.78, 5) is 16.4. The molecule has 0 spiro atoms. The van der Waals surface area contributed by atoms with E-state index in [-0.39, 0.29) is 51.4 Å². The summed E-state index contributed by atoms with van der Waals surface area (Å²) in [7, 11) is 0. The second-order valence-electron chi connectivity index (χ2n) is 9.65. The maximum Gasteiger partial charge on any atom is 0.345 e. The van der Waals surface area contributed by atoms with Crippen molar-refractivity contribution in [1.29, 1.82) is 0 Å². The van der Waals surface area contributed by atoms with Crippen molar-refractivity contribution in [3.05, 3.63) is 144 Å². The second kappa shape index (κ2) is 13.4. The van der Waals surface area contributed by atoms with Crippen LogP contribution < -0.4 is 4.74 Å². The predicted molar refractivity (Wildman–Crippen MR) is 162 cm³/mol. The van der Waals surface area contributed by atoms with Crippen molar-refractivity contribution in [2.24, 2.45) is 0 Å². The van der Waals surface area contributed by atoms with Crippen LogP contribution in [0.4, 0.5) is 0 Å². The Balaban J connectivity index is 0.00000337. The van der Waals surface area contributed by atoms with Crippen LogP contribution in [0.3, 0.4) is 0 Å². The zero-order valence-corrected chi connectivity index (χ0v) is 25.9. The molecule has 0 saturated carbocycles. The van der Waals surface area contributed by atoms with E-state index in [0.29, 0.717) is 18.6 Å². The number of aliphatic carboxylic acids is 1. The second-order valence-corrected chi connectivity index (χ2v) is 9.65. The summed E-state index contributed by atoms with van der Waals surface area (Å²) in [5.41, 5.74) is 7.81. The number of fused-ring (bicyclic) bond motifs is 1. The van der Waals surface area contributed by atoms with E-state index < -0.39 is 12.1 Å². The molecule has 197 valence electrons. The molecule has 0 fully saturated rings. The molecule has 0 amide bonds. The molecule has 6 heteroatoms. The molecule has 41 heavy (non-hydrogen) atoms. The molecule has 0 aliphatic carbocycles. The zero-order chi connectivity index (χ0) is 27.3. The van der Waals surface area contributed by atoms with Crippen molar-refractivity contribution in [1.82, 2.24) is 4.98 Å². The summed E-state index contributed by atoms with van der Waals surface area (Å²) in [5, 5.41) is 9.66. The quantitative estimate of drug-likeness (QED) is 0.185. The van der Waals surface area contributed by atoms with E-state index in [9.17, 15) is 9.90 Å². The van der Waals surface area contributed by atoms with Gasteiger partial charge in [0.1, 0.15) is 17.0 Å². The molecule has 2 aromatic heterocycles. The molecule has 2 heterocycles. The van der Waals surface area contributed by atoms with E-state index in [4.69, 9.17) is 9.15 Å². The van der Waals surface area contributed by atoms with Crippen LogP contribution in [0.25, 0.3) is 33.4 Å². The number of carboxylic acid groups (broad SMARTS) is 1. The van der Waals surface area contributed by atoms with Crippen LogP contribution in [0.1, 0.15) is 16.9 Å². The Morgan fingerprint density at radius 3 is 1.95 bits per heavy atom. The minimum atomic E-state index is -0.989. The van der Waals surface area contributed by atoms with Gasteiger partial charge in [-0.25, -0.2) is 4.79 Å². The number of aromatic nitrogens is 1. The predicted octanol–water partition coefficient (Wildman–Crippen LogP) is 7.45. The molecule has 0 aliphatic heterocycles. The Bertz CT molecular complexity index is 1730. The van der Waals surface area contributed by atoms with Gasteiger partial charge in [0.25, 0.3) is 0 Å². The van der Waals surface area contributed by atoms with Crippen molar-refractivity contribution in [3.63, 3.8) is 0 Å². The fourth-order valence-corrected chi connectivity index (χ4v) is 4.91. The first kappa shape index (κ1) is 29.0. The van der Waals surface area contributed by atoms with Crippen LogP contribution in [0.2, 0.25) is 0 Å². The van der Waals surface area contributed by atoms with Gasteiger partial charge in [0.05, 0.1) is 0 Å². The monoisotopic (exact) mass is 564 g/mol. The Kier molecular flexibility index (Phi) is 9.49. The molecule has 0 saturated heterocycles. The number of pyridine rings is 1. The van der Waals surface area contributed by atoms with Gasteiger partial charge in [-0.2, -0.15) is 0 Å². The minimum Gasteiger partial charge on any atom is -0.478 e. The number of hydrogen-bond donors (Lipinski definition) is 1. The topological polar surface area (TPSA) is 72.6 Å². The molecule has 0 unspecified atom stereocenters. The van der Waals surface area contributed by atoms with Crippen molar-refractivity contribution in [2.75, 3.05) is 0 Å². The fraction of sp³-hybridized carbons (Fsp3) is 0.0857. The third-order valence-corrected chi connectivity index (χ3v) is 6.91. The Hall–Kier alpha value is -3.52. The van der Waals surface area contributed by atoms with Gasteiger partial charge in [0.15, 0.2) is 11.7 Å². The normalized spacial score (nSPS) is 11.5. The molecular weight excluding hydrogens is 537 g/mol. The number of furan rings is 1. The van der Waals surface area contributed by atoms with Gasteiger partial charge in [-0.05, 0) is 52.1 Å². The minimum absolute atomic E-state index is 0. The summed E-state index contributed by atoms with van der Waals surface area (Å²) in [6.45, 7) is 0. The average Bonchev–Trinajstić information content (AvgIpc) is 3.36. The number of carboxylic acids is 1. The molecule has 0 bridgehead atoms. The first-order chi connectivity index (χ1) is 19.6. The smallest absolute Gasteiger partial charge is 0.345 e. The molecule has 5 nitrogen and oxygen atoms in total. The van der Waals surface area contributed by atoms with E-state index in [1.807, 2.05) is 84.9 Å². The SMILES string of the molecule is O=C(O)[C@H](Cc1ccccc1)Oc1ccc(-c2ccc(-c3c(Cc4ccccc4)oc4cccnc34)cc2)cc1.[K]. The van der Waals surface area contributed by atoms with Gasteiger partial charge < -0.3 is 14.3 Å². The van der Waals surface area contributed by atoms with E-state index in [2.05, 4.69) is 41.4 Å². The van der Waals surface area contributed by atoms with Crippen LogP contribution in [0.15, 0.2) is 132 Å². The van der Waals surface area contributed by atoms with Crippen LogP contribution in [-0.4, -0.2) is 73.5 Å². The number of nitrogens with zero attached hydrogens (tertiary/aromatic N) is 1. The summed E-state index contributed by atoms with van der Waals surface area (Å²) in [6, 6.07) is 39.5. The van der Waals surface area contributed by atoms with Crippen molar-refractivity contribution in [3.8, 4) is 28.0 Å². The van der Waals surface area contributed by atoms with Crippen LogP contribution in [-0.2, 0) is 17.6 Å². The van der Waals surface area contributed by atoms with E-state index in [0.717, 1.165) is 44.7 Å². The molecule has 1 atom stereocenters. The van der Waals surface area contributed by atoms with Crippen LogP contribution in [0, 0.1) is 0 Å². The maximum atomic E-state index is 11.8. The molecular formula is C35H27KNO4. The summed E-state index contributed by atoms with van der Waals surface area (Å²) in [6.07, 6.45) is 1.80. The number of carbonyl (C=O) groups is 1. The number of hydrogen-bond acceptors (Lipinski definition) is 4. The standard InChI is InChI=1S/C35H27NO4.K/c37-35(38)32(23-25-10-5-2-6-11-25)39-29-19-17-27(18-20-29)26-13-15-28(16-14-26)33-31(22-24-8-3-1-4-9-24)40-30-12-7-21-36-34(30)33;/h1-21,32H,22-23H2,(H,37,38);/t32-;/m0./s1. The van der Waals surface area contributed by atoms with Crippen molar-refractivity contribution in [2.45, 2.75) is 18.9 Å². The van der Waals surface area contributed by atoms with Gasteiger partial charge in [0, 0.05) is 76.0 Å². The largest absolute Gasteiger partial charge is 0.478 e. The fourth-order valence-electron chi connectivity index (χ4n) is 4.91. The van der Waals surface area contributed by atoms with Crippen LogP contribution in [0.5, 0.6) is 5.75 Å². The third kappa shape index (κ3) is 6.86. The summed E-state index contributed by atoms with van der Waals surface area (Å²) >= 11 is 0. The molecule has 0 aliphatic rings. The van der Waals surface area contributed by atoms with E-state index >= 15 is 0 Å². The van der Waals surface area contributed by atoms with Gasteiger partial charge in [-0.3, -0.25) is 4.98 Å². The Morgan fingerprint density at radius 1 is 0.732 bits per heavy atom. The zero-order valence-electron chi connectivity index (χ0n) is 22.7. The van der Waals surface area contributed by atoms with Gasteiger partial charge in [-0.15, -0.1) is 0 Å². The van der Waals surface area contributed by atoms with E-state index in [1.54, 1.807) is 6.20 Å². The summed E-state index contributed by atoms with van der Waals surface area (Å²) in [5.74, 6) is 0.416. The van der Waals surface area contributed by atoms with Crippen LogP contribution >= 0.6 is 0 Å². The molecule has 6 aromatic rings. The first-order valence-electron chi connectivity index (χ1n) is 13.2. The first-order valence-corrected chi connectivity index (χ1v) is 13.2. The number of ether oxygens (including phenoxy) is 1. The third-order valence-electron chi connectivity index (χ3n) is 6.91. The Labute approximate surface area is 281 Å². The van der Waals surface area contributed by atoms with Gasteiger partial charge in [0.2, 0.25) is 0 Å². The molecule has 4 aromatic carbocycles. The van der Waals surface area contributed by atoms with Gasteiger partial charge >= 0.3 is 5.97 Å². The van der Waals surface area contributed by atoms with E-state index in [1.165, 1.54) is 5.56 Å². The molecule has 1 N–H and O–H groups in total. The van der Waals surface area contributed by atoms with Crippen molar-refractivity contribution < 1.29 is 19.1 Å². The number of rotatable bonds is 9. The Morgan fingerprint density at radius 2 is 1.32 bits per heavy atom. The summed E-state index contributed by atoms with van der Waals surface area (Å²) < 4.78 is 12.1. The molecule has 1 radical (unpaired) electrons. The van der Waals surface area contributed by atoms with Crippen molar-refractivity contribution >= 4 is 68.5 Å². The van der Waals surface area contributed by atoms with Gasteiger partial charge in [-0.1, -0.05) is 97.1 Å². The molecule has 6 rings (SSSR count).